The number of nitrogens with zero attached hydrogens (tertiary/aromatic N) is 6. The number of fused-ring (bicyclic) bond motifs is 12. The van der Waals surface area contributed by atoms with Gasteiger partial charge in [-0.25, -0.2) is 0 Å². The number of aromatic nitrogens is 4. The Labute approximate surface area is 380 Å². The molecule has 0 aliphatic heterocycles. The molecule has 9 aromatic carbocycles. The highest BCUT2D eigenvalue weighted by Gasteiger charge is 2.35. The first-order chi connectivity index (χ1) is 32.4. The SMILES string of the molecule is Cc1cccc2c3ccccc3n(-c3c(C#N)c(-n4c5ccccc5c5cccc(C)c54)c(-n4c5ccccc5c5cccc(C)c54)c(C#N)c3-n3c4ccccc4c4cccc(C)c43)c12. The van der Waals surface area contributed by atoms with E-state index in [-0.39, 0.29) is 0 Å². The maximum Gasteiger partial charge on any atom is 0.104 e. The average Bonchev–Trinajstić information content (AvgIpc) is 4.08. The van der Waals surface area contributed by atoms with Crippen molar-refractivity contribution in [1.29, 1.82) is 10.5 Å². The Kier molecular flexibility index (Phi) is 7.90. The summed E-state index contributed by atoms with van der Waals surface area (Å²) in [6.45, 7) is 8.58. The van der Waals surface area contributed by atoms with Gasteiger partial charge in [0.15, 0.2) is 0 Å². The van der Waals surface area contributed by atoms with E-state index >= 15 is 0 Å². The molecule has 4 aromatic heterocycles. The molecule has 0 amide bonds. The highest BCUT2D eigenvalue weighted by atomic mass is 15.1. The molecule has 0 spiro atoms. The fourth-order valence-electron chi connectivity index (χ4n) is 11.5. The Balaban J connectivity index is 1.42. The lowest BCUT2D eigenvalue weighted by molar-refractivity contribution is 1.02. The van der Waals surface area contributed by atoms with Gasteiger partial charge in [-0.1, -0.05) is 146 Å². The van der Waals surface area contributed by atoms with Crippen molar-refractivity contribution < 1.29 is 0 Å². The van der Waals surface area contributed by atoms with Gasteiger partial charge in [0, 0.05) is 43.1 Å². The minimum Gasteiger partial charge on any atom is -0.306 e. The molecule has 13 aromatic rings. The molecule has 310 valence electrons. The molecule has 0 N–H and O–H groups in total. The predicted octanol–water partition coefficient (Wildman–Crippen LogP) is 15.1. The number of aryl methyl sites for hydroxylation is 4. The third kappa shape index (κ3) is 4.82. The molecule has 0 aliphatic carbocycles. The molecular weight excluding hydrogens is 805 g/mol. The summed E-state index contributed by atoms with van der Waals surface area (Å²) in [6.07, 6.45) is 0. The van der Waals surface area contributed by atoms with E-state index in [2.05, 4.69) is 228 Å². The van der Waals surface area contributed by atoms with Gasteiger partial charge in [-0.05, 0) is 74.2 Å². The lowest BCUT2D eigenvalue weighted by atomic mass is 9.98. The third-order valence-corrected chi connectivity index (χ3v) is 14.1. The van der Waals surface area contributed by atoms with Crippen molar-refractivity contribution in [1.82, 2.24) is 18.3 Å². The Morgan fingerprint density at radius 1 is 0.273 bits per heavy atom. The molecule has 6 heteroatoms. The fourth-order valence-corrected chi connectivity index (χ4v) is 11.5. The van der Waals surface area contributed by atoms with E-state index in [4.69, 9.17) is 0 Å². The Morgan fingerprint density at radius 3 is 0.712 bits per heavy atom. The van der Waals surface area contributed by atoms with Crippen LogP contribution in [0.15, 0.2) is 170 Å². The van der Waals surface area contributed by atoms with Crippen molar-refractivity contribution in [3.8, 4) is 34.9 Å². The van der Waals surface area contributed by atoms with Crippen LogP contribution in [-0.4, -0.2) is 18.3 Å². The molecule has 66 heavy (non-hydrogen) atoms. The summed E-state index contributed by atoms with van der Waals surface area (Å²) in [4.78, 5) is 0. The van der Waals surface area contributed by atoms with Crippen molar-refractivity contribution in [2.24, 2.45) is 0 Å². The Bertz CT molecular complexity index is 3810. The van der Waals surface area contributed by atoms with E-state index in [1.807, 2.05) is 0 Å². The Hall–Kier alpha value is -8.84. The summed E-state index contributed by atoms with van der Waals surface area (Å²) in [6, 6.07) is 65.5. The van der Waals surface area contributed by atoms with Crippen LogP contribution in [0.3, 0.4) is 0 Å². The first kappa shape index (κ1) is 37.7. The van der Waals surface area contributed by atoms with Gasteiger partial charge in [0.2, 0.25) is 0 Å². The topological polar surface area (TPSA) is 67.3 Å². The highest BCUT2D eigenvalue weighted by molar-refractivity contribution is 6.16. The maximum absolute atomic E-state index is 12.5. The van der Waals surface area contributed by atoms with Gasteiger partial charge >= 0.3 is 0 Å². The molecule has 0 fully saturated rings. The molecule has 0 unspecified atom stereocenters. The van der Waals surface area contributed by atoms with Crippen molar-refractivity contribution >= 4 is 87.2 Å². The zero-order chi connectivity index (χ0) is 44.5. The molecule has 0 saturated carbocycles. The Morgan fingerprint density at radius 2 is 0.485 bits per heavy atom. The van der Waals surface area contributed by atoms with Crippen molar-refractivity contribution in [2.75, 3.05) is 0 Å². The normalized spacial score (nSPS) is 11.9. The number of para-hydroxylation sites is 8. The standard InChI is InChI=1S/C60H40N6/c1-35-17-13-25-43-39-21-5-9-29-49(39)63(53(35)43)57-47(33-61)59(65-51-31-11-7-23-41(51)45-27-15-19-37(3)55(45)65)60(66-52-32-12-8-24-42(52)46-28-16-20-38(4)56(46)66)48(34-62)58(57)64-50-30-10-6-22-40(50)44-26-14-18-36(2)54(44)64/h5-32H,1-4H3. The predicted molar refractivity (Wildman–Crippen MR) is 272 cm³/mol. The summed E-state index contributed by atoms with van der Waals surface area (Å²) in [5.41, 5.74) is 15.5. The first-order valence-electron chi connectivity index (χ1n) is 22.4. The first-order valence-corrected chi connectivity index (χ1v) is 22.4. The average molecular weight is 845 g/mol. The third-order valence-electron chi connectivity index (χ3n) is 14.1. The van der Waals surface area contributed by atoms with Crippen molar-refractivity contribution in [3.05, 3.63) is 203 Å². The monoisotopic (exact) mass is 844 g/mol. The number of rotatable bonds is 4. The largest absolute Gasteiger partial charge is 0.306 e. The quantitative estimate of drug-likeness (QED) is 0.177. The molecule has 0 atom stereocenters. The van der Waals surface area contributed by atoms with Gasteiger partial charge in [0.25, 0.3) is 0 Å². The van der Waals surface area contributed by atoms with Gasteiger partial charge in [-0.2, -0.15) is 10.5 Å². The van der Waals surface area contributed by atoms with Crippen LogP contribution in [-0.2, 0) is 0 Å². The second-order valence-corrected chi connectivity index (χ2v) is 17.7. The van der Waals surface area contributed by atoms with Gasteiger partial charge in [-0.15, -0.1) is 0 Å². The minimum atomic E-state index is 0.454. The maximum atomic E-state index is 12.5. The number of nitriles is 2. The highest BCUT2D eigenvalue weighted by Crippen LogP contribution is 2.49. The van der Waals surface area contributed by atoms with E-state index in [0.29, 0.717) is 33.9 Å². The molecule has 6 nitrogen and oxygen atoms in total. The van der Waals surface area contributed by atoms with E-state index < -0.39 is 0 Å². The zero-order valence-electron chi connectivity index (χ0n) is 36.8. The summed E-state index contributed by atoms with van der Waals surface area (Å²) in [5, 5.41) is 33.6. The van der Waals surface area contributed by atoms with Crippen LogP contribution >= 0.6 is 0 Å². The summed E-state index contributed by atoms with van der Waals surface area (Å²) in [5.74, 6) is 0. The van der Waals surface area contributed by atoms with E-state index in [0.717, 1.165) is 109 Å². The van der Waals surface area contributed by atoms with Crippen molar-refractivity contribution in [3.63, 3.8) is 0 Å². The van der Waals surface area contributed by atoms with Crippen LogP contribution in [0.4, 0.5) is 0 Å². The van der Waals surface area contributed by atoms with Gasteiger partial charge < -0.3 is 18.3 Å². The van der Waals surface area contributed by atoms with Crippen LogP contribution < -0.4 is 0 Å². The molecule has 13 rings (SSSR count). The van der Waals surface area contributed by atoms with E-state index in [1.165, 1.54) is 0 Å². The summed E-state index contributed by atoms with van der Waals surface area (Å²) >= 11 is 0. The van der Waals surface area contributed by atoms with E-state index in [1.54, 1.807) is 0 Å². The lowest BCUT2D eigenvalue weighted by Crippen LogP contribution is -2.17. The number of benzene rings is 9. The minimum absolute atomic E-state index is 0.454. The van der Waals surface area contributed by atoms with Gasteiger partial charge in [0.05, 0.1) is 66.9 Å². The van der Waals surface area contributed by atoms with Gasteiger partial charge in [-0.3, -0.25) is 0 Å². The van der Waals surface area contributed by atoms with Crippen LogP contribution in [0.5, 0.6) is 0 Å². The van der Waals surface area contributed by atoms with Crippen LogP contribution in [0.1, 0.15) is 33.4 Å². The molecule has 0 bridgehead atoms. The molecule has 0 saturated heterocycles. The van der Waals surface area contributed by atoms with Crippen LogP contribution in [0, 0.1) is 50.4 Å². The molecular formula is C60H40N6. The molecule has 0 aliphatic rings. The molecule has 0 radical (unpaired) electrons. The van der Waals surface area contributed by atoms with E-state index in [9.17, 15) is 10.5 Å². The smallest absolute Gasteiger partial charge is 0.104 e. The molecule has 4 heterocycles. The number of hydrogen-bond acceptors (Lipinski definition) is 2. The van der Waals surface area contributed by atoms with Crippen LogP contribution in [0.25, 0.3) is 110 Å². The van der Waals surface area contributed by atoms with Gasteiger partial charge in [0.1, 0.15) is 23.3 Å². The zero-order valence-corrected chi connectivity index (χ0v) is 36.8. The second-order valence-electron chi connectivity index (χ2n) is 17.7. The summed E-state index contributed by atoms with van der Waals surface area (Å²) in [7, 11) is 0. The lowest BCUT2D eigenvalue weighted by Gasteiger charge is -2.27. The van der Waals surface area contributed by atoms with Crippen molar-refractivity contribution in [2.45, 2.75) is 27.7 Å². The second kappa shape index (κ2) is 13.8. The number of hydrogen-bond donors (Lipinski definition) is 0. The van der Waals surface area contributed by atoms with Crippen LogP contribution in [0.2, 0.25) is 0 Å². The fraction of sp³-hybridized carbons (Fsp3) is 0.0667. The summed E-state index contributed by atoms with van der Waals surface area (Å²) < 4.78 is 9.16.